The van der Waals surface area contributed by atoms with E-state index in [4.69, 9.17) is 42.6 Å². The Morgan fingerprint density at radius 1 is 0.616 bits per heavy atom. The number of aliphatic hydroxyl groups excluding tert-OH is 12. The number of rotatable bonds is 11. The van der Waals surface area contributed by atoms with Crippen LogP contribution in [0.25, 0.3) is 0 Å². The van der Waals surface area contributed by atoms with Crippen LogP contribution in [0, 0.1) is 46.3 Å². The summed E-state index contributed by atoms with van der Waals surface area (Å²) in [6.45, 7) is 9.96. The summed E-state index contributed by atoms with van der Waals surface area (Å²) >= 11 is 0. The van der Waals surface area contributed by atoms with Gasteiger partial charge < -0.3 is 104 Å². The van der Waals surface area contributed by atoms with Crippen LogP contribution in [0.15, 0.2) is 11.6 Å². The average molecular weight is 1050 g/mol. The molecule has 418 valence electrons. The van der Waals surface area contributed by atoms with E-state index >= 15 is 0 Å². The van der Waals surface area contributed by atoms with Gasteiger partial charge in [0.25, 0.3) is 0 Å². The Bertz CT molecular complexity index is 1930. The molecule has 6 heterocycles. The van der Waals surface area contributed by atoms with Crippen molar-refractivity contribution >= 4 is 0 Å². The van der Waals surface area contributed by atoms with Crippen molar-refractivity contribution in [3.63, 3.8) is 0 Å². The normalized spacial score (nSPS) is 57.1. The van der Waals surface area contributed by atoms with Crippen molar-refractivity contribution in [1.29, 1.82) is 0 Å². The molecule has 31 unspecified atom stereocenters. The Balaban J connectivity index is 0.866. The first-order valence-corrected chi connectivity index (χ1v) is 27.0. The van der Waals surface area contributed by atoms with Crippen molar-refractivity contribution in [3.8, 4) is 0 Å². The summed E-state index contributed by atoms with van der Waals surface area (Å²) in [4.78, 5) is 0. The molecule has 22 heteroatoms. The molecule has 31 atom stereocenters. The van der Waals surface area contributed by atoms with E-state index in [2.05, 4.69) is 39.1 Å². The van der Waals surface area contributed by atoms with Gasteiger partial charge >= 0.3 is 0 Å². The first-order valence-electron chi connectivity index (χ1n) is 27.0. The second kappa shape index (κ2) is 21.2. The van der Waals surface area contributed by atoms with Crippen molar-refractivity contribution in [2.45, 2.75) is 233 Å². The van der Waals surface area contributed by atoms with E-state index in [-0.39, 0.29) is 22.7 Å². The lowest BCUT2D eigenvalue weighted by molar-refractivity contribution is -0.395. The van der Waals surface area contributed by atoms with E-state index in [0.29, 0.717) is 48.3 Å². The van der Waals surface area contributed by atoms with Crippen LogP contribution >= 0.6 is 0 Å². The molecule has 1 spiro atoms. The topological polar surface area (TPSA) is 338 Å². The molecule has 9 fully saturated rings. The fourth-order valence-electron chi connectivity index (χ4n) is 15.6. The maximum Gasteiger partial charge on any atom is 0.187 e. The number of piperidine rings is 1. The van der Waals surface area contributed by atoms with E-state index in [9.17, 15) is 61.3 Å². The lowest BCUT2D eigenvalue weighted by Gasteiger charge is -2.59. The summed E-state index contributed by atoms with van der Waals surface area (Å²) in [6, 6.07) is 0. The highest BCUT2D eigenvalue weighted by molar-refractivity contribution is 5.27. The summed E-state index contributed by atoms with van der Waals surface area (Å²) in [5.41, 5.74) is 1.15. The Labute approximate surface area is 425 Å². The minimum atomic E-state index is -1.99. The van der Waals surface area contributed by atoms with Crippen molar-refractivity contribution in [2.24, 2.45) is 46.3 Å². The van der Waals surface area contributed by atoms with E-state index in [1.807, 2.05) is 0 Å². The van der Waals surface area contributed by atoms with Gasteiger partial charge in [-0.25, -0.2) is 0 Å². The third kappa shape index (κ3) is 9.52. The van der Waals surface area contributed by atoms with Gasteiger partial charge in [-0.15, -0.1) is 0 Å². The van der Waals surface area contributed by atoms with E-state index < -0.39 is 149 Å². The first kappa shape index (κ1) is 55.2. The SMILES string of the molecule is CC1CCC2(NC1)OC1CC3C4CC=C5CC(OC6OC(CO)C(O)C(OC7OC(COC8OC(CO)C(O)C(O)C8O)C(O)C(O)C7O)C6OC6OC(C)C(O)C(O)C6O)CCC5(C)C4CCC3(C)C1C2C. The third-order valence-corrected chi connectivity index (χ3v) is 20.0. The number of ether oxygens (including phenoxy) is 9. The number of allylic oxidation sites excluding steroid dienone is 1. The summed E-state index contributed by atoms with van der Waals surface area (Å²) < 4.78 is 55.6. The Kier molecular flexibility index (Phi) is 16.0. The summed E-state index contributed by atoms with van der Waals surface area (Å²) in [5, 5.41) is 133. The maximum absolute atomic E-state index is 11.8. The van der Waals surface area contributed by atoms with Gasteiger partial charge in [0, 0.05) is 12.5 Å². The molecular weight excluding hydrogens is 963 g/mol. The predicted molar refractivity (Wildman–Crippen MR) is 249 cm³/mol. The van der Waals surface area contributed by atoms with Crippen molar-refractivity contribution < 1.29 is 104 Å². The van der Waals surface area contributed by atoms with E-state index in [1.165, 1.54) is 18.9 Å². The average Bonchev–Trinajstić information content (AvgIpc) is 3.82. The first-order chi connectivity index (χ1) is 34.6. The highest BCUT2D eigenvalue weighted by Gasteiger charge is 2.68. The van der Waals surface area contributed by atoms with Gasteiger partial charge in [0.15, 0.2) is 25.2 Å². The standard InChI is InChI=1S/C51H83NO21/c1-20-8-13-51(52-16-20)21(2)32-28(73-51)15-27-25-7-6-23-14-24(9-11-49(23,4)26(25)10-12-50(27,32)5)67-48-44(72-46-41(63)37(59)33(55)22(3)66-46)43(36(58)30(18-54)69-48)71-47-42(64)39(61)35(57)31(70-47)19-65-45-40(62)38(60)34(56)29(17-53)68-45/h6,20-22,24-48,52-64H,7-19H2,1-5H3. The molecule has 0 aromatic rings. The summed E-state index contributed by atoms with van der Waals surface area (Å²) in [6.07, 6.45) is -22.4. The maximum atomic E-state index is 11.8. The quantitative estimate of drug-likeness (QED) is 0.0961. The van der Waals surface area contributed by atoms with E-state index in [0.717, 1.165) is 45.1 Å². The van der Waals surface area contributed by atoms with Crippen LogP contribution in [0.4, 0.5) is 0 Å². The molecule has 0 aromatic carbocycles. The molecule has 0 aromatic heterocycles. The number of hydrogen-bond acceptors (Lipinski definition) is 22. The largest absolute Gasteiger partial charge is 0.394 e. The molecular formula is C51H83NO21. The smallest absolute Gasteiger partial charge is 0.187 e. The number of nitrogens with one attached hydrogen (secondary N) is 1. The fourth-order valence-corrected chi connectivity index (χ4v) is 15.6. The van der Waals surface area contributed by atoms with Crippen LogP contribution in [0.2, 0.25) is 0 Å². The molecule has 6 aliphatic heterocycles. The lowest BCUT2D eigenvalue weighted by atomic mass is 9.47. The summed E-state index contributed by atoms with van der Waals surface area (Å²) in [7, 11) is 0. The zero-order valence-corrected chi connectivity index (χ0v) is 42.5. The second-order valence-electron chi connectivity index (χ2n) is 24.1. The molecule has 4 aliphatic carbocycles. The van der Waals surface area contributed by atoms with Crippen molar-refractivity contribution in [1.82, 2.24) is 5.32 Å². The molecule has 0 amide bonds. The van der Waals surface area contributed by atoms with Gasteiger partial charge in [0.2, 0.25) is 0 Å². The molecule has 13 N–H and O–H groups in total. The zero-order chi connectivity index (χ0) is 52.2. The van der Waals surface area contributed by atoms with Crippen LogP contribution in [-0.4, -0.2) is 228 Å². The Morgan fingerprint density at radius 3 is 1.92 bits per heavy atom. The number of aliphatic hydroxyl groups is 12. The highest BCUT2D eigenvalue weighted by atomic mass is 16.8. The zero-order valence-electron chi connectivity index (χ0n) is 42.5. The van der Waals surface area contributed by atoms with Gasteiger partial charge in [-0.05, 0) is 105 Å². The second-order valence-corrected chi connectivity index (χ2v) is 24.1. The predicted octanol–water partition coefficient (Wildman–Crippen LogP) is -2.39. The van der Waals surface area contributed by atoms with Crippen LogP contribution in [0.1, 0.15) is 92.4 Å². The van der Waals surface area contributed by atoms with E-state index in [1.54, 1.807) is 0 Å². The molecule has 3 saturated carbocycles. The van der Waals surface area contributed by atoms with Gasteiger partial charge in [0.1, 0.15) is 97.3 Å². The van der Waals surface area contributed by atoms with Crippen LogP contribution in [0.5, 0.6) is 0 Å². The van der Waals surface area contributed by atoms with Crippen LogP contribution in [-0.2, 0) is 42.6 Å². The molecule has 0 bridgehead atoms. The lowest BCUT2D eigenvalue weighted by Crippen LogP contribution is -2.67. The van der Waals surface area contributed by atoms with Crippen molar-refractivity contribution in [2.75, 3.05) is 26.4 Å². The third-order valence-electron chi connectivity index (χ3n) is 20.0. The molecule has 73 heavy (non-hydrogen) atoms. The summed E-state index contributed by atoms with van der Waals surface area (Å²) in [5.74, 6) is 3.10. The van der Waals surface area contributed by atoms with Gasteiger partial charge in [-0.2, -0.15) is 0 Å². The molecule has 6 saturated heterocycles. The Hall–Kier alpha value is -1.14. The van der Waals surface area contributed by atoms with Crippen LogP contribution in [0.3, 0.4) is 0 Å². The van der Waals surface area contributed by atoms with Gasteiger partial charge in [0.05, 0.1) is 38.1 Å². The highest BCUT2D eigenvalue weighted by Crippen LogP contribution is 2.70. The van der Waals surface area contributed by atoms with Gasteiger partial charge in [-0.3, -0.25) is 5.32 Å². The molecule has 10 rings (SSSR count). The minimum Gasteiger partial charge on any atom is -0.394 e. The fraction of sp³-hybridized carbons (Fsp3) is 0.961. The van der Waals surface area contributed by atoms with Crippen LogP contribution < -0.4 is 5.32 Å². The number of fused-ring (bicyclic) bond motifs is 7. The molecule has 10 aliphatic rings. The number of hydrogen-bond donors (Lipinski definition) is 13. The molecule has 0 radical (unpaired) electrons. The van der Waals surface area contributed by atoms with Crippen molar-refractivity contribution in [3.05, 3.63) is 11.6 Å². The minimum absolute atomic E-state index is 0.0918. The van der Waals surface area contributed by atoms with Gasteiger partial charge in [-0.1, -0.05) is 39.3 Å². The Morgan fingerprint density at radius 2 is 1.23 bits per heavy atom. The monoisotopic (exact) mass is 1050 g/mol. The molecule has 22 nitrogen and oxygen atoms in total.